The monoisotopic (exact) mass is 285 g/mol. The van der Waals surface area contributed by atoms with Crippen molar-refractivity contribution in [2.75, 3.05) is 0 Å². The van der Waals surface area contributed by atoms with Gasteiger partial charge in [-0.2, -0.15) is 5.10 Å². The van der Waals surface area contributed by atoms with Crippen molar-refractivity contribution in [1.82, 2.24) is 14.5 Å². The Morgan fingerprint density at radius 3 is 2.89 bits per heavy atom. The predicted molar refractivity (Wildman–Crippen MR) is 66.6 cm³/mol. The van der Waals surface area contributed by atoms with Gasteiger partial charge < -0.3 is 9.52 Å². The molecule has 2 heterocycles. The highest BCUT2D eigenvalue weighted by atomic mass is 32.2. The third-order valence-corrected chi connectivity index (χ3v) is 3.90. The molecule has 2 aromatic rings. The first-order chi connectivity index (χ1) is 9.01. The number of rotatable bonds is 6. The van der Waals surface area contributed by atoms with E-state index in [2.05, 4.69) is 9.82 Å². The largest absolute Gasteiger partial charge is 0.446 e. The molecule has 8 heteroatoms. The Balaban J connectivity index is 2.04. The molecule has 0 aliphatic heterocycles. The summed E-state index contributed by atoms with van der Waals surface area (Å²) in [6.07, 6.45) is 3.38. The smallest absolute Gasteiger partial charge is 0.274 e. The highest BCUT2D eigenvalue weighted by molar-refractivity contribution is 7.89. The number of aromatic nitrogens is 2. The Bertz CT molecular complexity index is 618. The summed E-state index contributed by atoms with van der Waals surface area (Å²) < 4.78 is 33.1. The van der Waals surface area contributed by atoms with Gasteiger partial charge in [0.05, 0.1) is 6.54 Å². The maximum Gasteiger partial charge on any atom is 0.274 e. The van der Waals surface area contributed by atoms with Crippen LogP contribution >= 0.6 is 0 Å². The summed E-state index contributed by atoms with van der Waals surface area (Å²) in [5.74, 6) is 0.208. The first kappa shape index (κ1) is 13.8. The molecule has 7 nitrogen and oxygen atoms in total. The molecule has 2 N–H and O–H groups in total. The van der Waals surface area contributed by atoms with E-state index in [0.717, 1.165) is 0 Å². The Kier molecular flexibility index (Phi) is 4.03. The Morgan fingerprint density at radius 1 is 1.53 bits per heavy atom. The maximum absolute atomic E-state index is 12.0. The molecule has 0 fully saturated rings. The van der Waals surface area contributed by atoms with Crippen LogP contribution in [-0.2, 0) is 23.2 Å². The van der Waals surface area contributed by atoms with Gasteiger partial charge in [-0.1, -0.05) is 0 Å². The van der Waals surface area contributed by atoms with Gasteiger partial charge in [0, 0.05) is 18.4 Å². The van der Waals surface area contributed by atoms with Gasteiger partial charge in [-0.15, -0.1) is 0 Å². The van der Waals surface area contributed by atoms with Crippen LogP contribution in [0, 0.1) is 0 Å². The van der Waals surface area contributed by atoms with Crippen LogP contribution in [0.4, 0.5) is 0 Å². The molecule has 0 saturated carbocycles. The lowest BCUT2D eigenvalue weighted by molar-refractivity contribution is 0.236. The van der Waals surface area contributed by atoms with Crippen molar-refractivity contribution in [2.24, 2.45) is 0 Å². The lowest BCUT2D eigenvalue weighted by Crippen LogP contribution is -2.35. The van der Waals surface area contributed by atoms with E-state index >= 15 is 0 Å². The molecule has 19 heavy (non-hydrogen) atoms. The van der Waals surface area contributed by atoms with E-state index in [-0.39, 0.29) is 23.5 Å². The molecule has 104 valence electrons. The van der Waals surface area contributed by atoms with E-state index in [1.165, 1.54) is 12.1 Å². The third kappa shape index (κ3) is 3.43. The van der Waals surface area contributed by atoms with Crippen molar-refractivity contribution in [2.45, 2.75) is 31.2 Å². The van der Waals surface area contributed by atoms with Crippen LogP contribution in [-0.4, -0.2) is 29.3 Å². The predicted octanol–water partition coefficient (Wildman–Crippen LogP) is 0.335. The van der Waals surface area contributed by atoms with E-state index in [1.807, 2.05) is 0 Å². The molecular formula is C11H15N3O4S. The molecule has 0 bridgehead atoms. The number of aliphatic hydroxyl groups excluding tert-OH is 1. The second kappa shape index (κ2) is 5.55. The van der Waals surface area contributed by atoms with Gasteiger partial charge in [0.25, 0.3) is 10.0 Å². The highest BCUT2D eigenvalue weighted by Crippen LogP contribution is 2.14. The average Bonchev–Trinajstić information content (AvgIpc) is 2.97. The van der Waals surface area contributed by atoms with Crippen molar-refractivity contribution >= 4 is 10.0 Å². The molecule has 1 atom stereocenters. The van der Waals surface area contributed by atoms with Gasteiger partial charge in [0.1, 0.15) is 12.4 Å². The van der Waals surface area contributed by atoms with Crippen molar-refractivity contribution in [3.63, 3.8) is 0 Å². The zero-order chi connectivity index (χ0) is 13.9. The Morgan fingerprint density at radius 2 is 2.32 bits per heavy atom. The van der Waals surface area contributed by atoms with Crippen LogP contribution in [0.25, 0.3) is 0 Å². The number of aliphatic hydroxyl groups is 1. The van der Waals surface area contributed by atoms with Crippen LogP contribution in [0.5, 0.6) is 0 Å². The summed E-state index contributed by atoms with van der Waals surface area (Å²) >= 11 is 0. The number of sulfonamides is 1. The lowest BCUT2D eigenvalue weighted by Gasteiger charge is -2.12. The molecule has 2 aromatic heterocycles. The number of nitrogens with one attached hydrogen (secondary N) is 1. The highest BCUT2D eigenvalue weighted by Gasteiger charge is 2.21. The molecule has 0 saturated heterocycles. The van der Waals surface area contributed by atoms with Gasteiger partial charge in [0.2, 0.25) is 5.09 Å². The number of furan rings is 1. The first-order valence-electron chi connectivity index (χ1n) is 5.70. The molecule has 0 aromatic carbocycles. The average molecular weight is 285 g/mol. The molecule has 2 rings (SSSR count). The summed E-state index contributed by atoms with van der Waals surface area (Å²) in [6, 6.07) is 4.16. The van der Waals surface area contributed by atoms with Crippen molar-refractivity contribution in [3.05, 3.63) is 36.4 Å². The molecular weight excluding hydrogens is 270 g/mol. The zero-order valence-corrected chi connectivity index (χ0v) is 11.2. The number of nitrogens with zero attached hydrogens (tertiary/aromatic N) is 2. The van der Waals surface area contributed by atoms with Gasteiger partial charge in [-0.25, -0.2) is 13.1 Å². The molecule has 1 unspecified atom stereocenters. The van der Waals surface area contributed by atoms with Gasteiger partial charge in [-0.3, -0.25) is 4.68 Å². The fourth-order valence-electron chi connectivity index (χ4n) is 1.64. The summed E-state index contributed by atoms with van der Waals surface area (Å²) in [6.45, 7) is 1.81. The minimum Gasteiger partial charge on any atom is -0.446 e. The van der Waals surface area contributed by atoms with Gasteiger partial charge >= 0.3 is 0 Å². The summed E-state index contributed by atoms with van der Waals surface area (Å²) in [5, 5.41) is 12.6. The standard InChI is InChI=1S/C11H15N3O4S/c1-9(7-14-6-2-5-12-14)13-19(16,17)11-4-3-10(8-15)18-11/h2-6,9,13,15H,7-8H2,1H3. The Labute approximate surface area is 110 Å². The van der Waals surface area contributed by atoms with E-state index in [0.29, 0.717) is 6.54 Å². The van der Waals surface area contributed by atoms with Gasteiger partial charge in [-0.05, 0) is 25.1 Å². The fourth-order valence-corrected chi connectivity index (χ4v) is 2.82. The van der Waals surface area contributed by atoms with Crippen molar-refractivity contribution in [3.8, 4) is 0 Å². The third-order valence-electron chi connectivity index (χ3n) is 2.43. The van der Waals surface area contributed by atoms with E-state index in [4.69, 9.17) is 9.52 Å². The summed E-state index contributed by atoms with van der Waals surface area (Å²) in [5.41, 5.74) is 0. The number of hydrogen-bond acceptors (Lipinski definition) is 5. The van der Waals surface area contributed by atoms with Crippen molar-refractivity contribution < 1.29 is 17.9 Å². The van der Waals surface area contributed by atoms with Crippen LogP contribution in [0.2, 0.25) is 0 Å². The minimum absolute atomic E-state index is 0.205. The van der Waals surface area contributed by atoms with Crippen molar-refractivity contribution in [1.29, 1.82) is 0 Å². The first-order valence-corrected chi connectivity index (χ1v) is 7.19. The molecule has 0 aliphatic rings. The lowest BCUT2D eigenvalue weighted by atomic mass is 10.4. The second-order valence-corrected chi connectivity index (χ2v) is 5.77. The minimum atomic E-state index is -3.72. The van der Waals surface area contributed by atoms with Crippen LogP contribution in [0.1, 0.15) is 12.7 Å². The van der Waals surface area contributed by atoms with E-state index in [1.54, 1.807) is 30.1 Å². The molecule has 0 spiro atoms. The van der Waals surface area contributed by atoms with E-state index < -0.39 is 10.0 Å². The quantitative estimate of drug-likeness (QED) is 0.797. The molecule has 0 amide bonds. The molecule has 0 radical (unpaired) electrons. The number of hydrogen-bond donors (Lipinski definition) is 2. The van der Waals surface area contributed by atoms with Crippen LogP contribution in [0.15, 0.2) is 40.1 Å². The van der Waals surface area contributed by atoms with Gasteiger partial charge in [0.15, 0.2) is 0 Å². The van der Waals surface area contributed by atoms with E-state index in [9.17, 15) is 8.42 Å². The summed E-state index contributed by atoms with van der Waals surface area (Å²) in [7, 11) is -3.72. The normalized spacial score (nSPS) is 13.6. The summed E-state index contributed by atoms with van der Waals surface area (Å²) in [4.78, 5) is 0. The molecule has 0 aliphatic carbocycles. The van der Waals surface area contributed by atoms with Crippen LogP contribution in [0.3, 0.4) is 0 Å². The Hall–Kier alpha value is -1.64. The SMILES string of the molecule is CC(Cn1cccn1)NS(=O)(=O)c1ccc(CO)o1. The maximum atomic E-state index is 12.0. The van der Waals surface area contributed by atoms with Crippen LogP contribution < -0.4 is 4.72 Å². The topological polar surface area (TPSA) is 97.4 Å². The second-order valence-electron chi connectivity index (χ2n) is 4.13. The fraction of sp³-hybridized carbons (Fsp3) is 0.364. The zero-order valence-electron chi connectivity index (χ0n) is 10.4.